The van der Waals surface area contributed by atoms with E-state index in [0.717, 1.165) is 0 Å². The maximum atomic E-state index is 13.9. The van der Waals surface area contributed by atoms with Crippen molar-refractivity contribution in [2.75, 3.05) is 13.2 Å². The Morgan fingerprint density at radius 2 is 2.03 bits per heavy atom. The highest BCUT2D eigenvalue weighted by atomic mass is 35.5. The van der Waals surface area contributed by atoms with Gasteiger partial charge in [-0.15, -0.1) is 0 Å². The molecule has 1 N–H and O–H groups in total. The number of esters is 2. The van der Waals surface area contributed by atoms with Crippen LogP contribution in [-0.2, 0) is 19.0 Å². The van der Waals surface area contributed by atoms with Crippen molar-refractivity contribution in [2.24, 2.45) is 5.41 Å². The Kier molecular flexibility index (Phi) is 6.28. The summed E-state index contributed by atoms with van der Waals surface area (Å²) in [5.74, 6) is -1.47. The van der Waals surface area contributed by atoms with Gasteiger partial charge in [0.1, 0.15) is 17.0 Å². The largest absolute Gasteiger partial charge is 0.465 e. The number of hydrogen-bond donors (Lipinski definition) is 1. The Labute approximate surface area is 192 Å². The molecule has 0 aliphatic carbocycles. The summed E-state index contributed by atoms with van der Waals surface area (Å²) in [4.78, 5) is 37.2. The van der Waals surface area contributed by atoms with E-state index >= 15 is 0 Å². The third-order valence-corrected chi connectivity index (χ3v) is 5.84. The number of fused-ring (bicyclic) bond motifs is 1. The topological polar surface area (TPSA) is 126 Å². The lowest BCUT2D eigenvalue weighted by atomic mass is 9.80. The molecular formula is C21H20ClFN4O6. The molecule has 1 aliphatic heterocycles. The third-order valence-electron chi connectivity index (χ3n) is 5.57. The summed E-state index contributed by atoms with van der Waals surface area (Å²) >= 11 is 5.98. The zero-order valence-corrected chi connectivity index (χ0v) is 18.4. The molecular weight excluding hydrogens is 459 g/mol. The van der Waals surface area contributed by atoms with E-state index in [0.29, 0.717) is 0 Å². The standard InChI is InChI=1S/C21H20ClFN4O6/c1-3-31-19(30)21(2)12(9-28)32-17(14(21)33-18(29)11-7-5-4-6-8-11)27-10-24-13-15(22)25-20(23)26-16(13)27/h4-8,10,12,14,17,28H,3,9H2,1-2H3. The highest BCUT2D eigenvalue weighted by Crippen LogP contribution is 2.47. The maximum Gasteiger partial charge on any atom is 0.338 e. The number of aromatic nitrogens is 4. The van der Waals surface area contributed by atoms with Crippen molar-refractivity contribution in [3.63, 3.8) is 0 Å². The predicted molar refractivity (Wildman–Crippen MR) is 112 cm³/mol. The van der Waals surface area contributed by atoms with Crippen LogP contribution in [0.25, 0.3) is 11.2 Å². The van der Waals surface area contributed by atoms with Gasteiger partial charge in [0, 0.05) is 0 Å². The summed E-state index contributed by atoms with van der Waals surface area (Å²) in [7, 11) is 0. The molecule has 0 saturated carbocycles. The lowest BCUT2D eigenvalue weighted by molar-refractivity contribution is -0.163. The van der Waals surface area contributed by atoms with Crippen LogP contribution in [0.2, 0.25) is 5.15 Å². The monoisotopic (exact) mass is 478 g/mol. The summed E-state index contributed by atoms with van der Waals surface area (Å²) in [6, 6.07) is 8.15. The predicted octanol–water partition coefficient (Wildman–Crippen LogP) is 2.30. The van der Waals surface area contributed by atoms with Crippen molar-refractivity contribution in [2.45, 2.75) is 32.3 Å². The van der Waals surface area contributed by atoms with Crippen molar-refractivity contribution in [1.82, 2.24) is 19.5 Å². The van der Waals surface area contributed by atoms with Crippen molar-refractivity contribution in [3.8, 4) is 0 Å². The van der Waals surface area contributed by atoms with Crippen LogP contribution in [0.1, 0.15) is 30.4 Å². The third kappa shape index (κ3) is 3.92. The number of nitrogens with zero attached hydrogens (tertiary/aromatic N) is 4. The number of ether oxygens (including phenoxy) is 3. The van der Waals surface area contributed by atoms with E-state index in [2.05, 4.69) is 15.0 Å². The van der Waals surface area contributed by atoms with Gasteiger partial charge in [-0.3, -0.25) is 9.36 Å². The van der Waals surface area contributed by atoms with Crippen LogP contribution in [0.15, 0.2) is 36.7 Å². The van der Waals surface area contributed by atoms with Gasteiger partial charge in [-0.2, -0.15) is 14.4 Å². The number of hydrogen-bond acceptors (Lipinski definition) is 9. The Balaban J connectivity index is 1.83. The molecule has 1 aliphatic rings. The van der Waals surface area contributed by atoms with Crippen LogP contribution in [0, 0.1) is 11.5 Å². The summed E-state index contributed by atoms with van der Waals surface area (Å²) in [6.07, 6.45) is -3.47. The molecule has 1 saturated heterocycles. The second kappa shape index (κ2) is 9.00. The molecule has 1 aromatic carbocycles. The normalized spacial score (nSPS) is 24.7. The Bertz CT molecular complexity index is 1190. The van der Waals surface area contributed by atoms with Gasteiger partial charge in [0.2, 0.25) is 0 Å². The highest BCUT2D eigenvalue weighted by Gasteiger charge is 2.62. The van der Waals surface area contributed by atoms with E-state index in [9.17, 15) is 19.1 Å². The van der Waals surface area contributed by atoms with Gasteiger partial charge in [0.05, 0.1) is 25.1 Å². The van der Waals surface area contributed by atoms with Crippen molar-refractivity contribution in [1.29, 1.82) is 0 Å². The quantitative estimate of drug-likeness (QED) is 0.322. The fourth-order valence-corrected chi connectivity index (χ4v) is 4.02. The molecule has 3 aromatic rings. The SMILES string of the molecule is CCOC(=O)C1(C)C(CO)OC(n2cnc3c(Cl)nc(F)nc32)C1OC(=O)c1ccccc1. The fraction of sp³-hybridized carbons (Fsp3) is 0.381. The minimum Gasteiger partial charge on any atom is -0.465 e. The van der Waals surface area contributed by atoms with Gasteiger partial charge < -0.3 is 19.3 Å². The molecule has 0 bridgehead atoms. The van der Waals surface area contributed by atoms with E-state index in [4.69, 9.17) is 25.8 Å². The zero-order chi connectivity index (χ0) is 23.8. The summed E-state index contributed by atoms with van der Waals surface area (Å²) < 4.78 is 32.1. The summed E-state index contributed by atoms with van der Waals surface area (Å²) in [5, 5.41) is 9.78. The Morgan fingerprint density at radius 1 is 1.30 bits per heavy atom. The molecule has 12 heteroatoms. The first-order valence-corrected chi connectivity index (χ1v) is 10.4. The highest BCUT2D eigenvalue weighted by molar-refractivity contribution is 6.33. The molecule has 10 nitrogen and oxygen atoms in total. The van der Waals surface area contributed by atoms with Gasteiger partial charge in [-0.25, -0.2) is 9.78 Å². The van der Waals surface area contributed by atoms with Gasteiger partial charge in [-0.05, 0) is 26.0 Å². The number of rotatable bonds is 6. The molecule has 0 spiro atoms. The summed E-state index contributed by atoms with van der Waals surface area (Å²) in [5.41, 5.74) is -1.32. The summed E-state index contributed by atoms with van der Waals surface area (Å²) in [6.45, 7) is 2.57. The molecule has 0 amide bonds. The lowest BCUT2D eigenvalue weighted by Gasteiger charge is -2.31. The van der Waals surface area contributed by atoms with Gasteiger partial charge in [0.15, 0.2) is 23.1 Å². The van der Waals surface area contributed by atoms with Crippen molar-refractivity contribution >= 4 is 34.7 Å². The minimum atomic E-state index is -1.61. The van der Waals surface area contributed by atoms with E-state index < -0.39 is 48.5 Å². The minimum absolute atomic E-state index is 0.0388. The number of aliphatic hydroxyl groups excluding tert-OH is 1. The Hall–Kier alpha value is -3.15. The molecule has 0 radical (unpaired) electrons. The first-order valence-electron chi connectivity index (χ1n) is 10.1. The van der Waals surface area contributed by atoms with Crippen molar-refractivity contribution < 1.29 is 33.3 Å². The van der Waals surface area contributed by atoms with E-state index in [1.54, 1.807) is 37.3 Å². The van der Waals surface area contributed by atoms with Crippen LogP contribution in [-0.4, -0.2) is 62.0 Å². The van der Waals surface area contributed by atoms with E-state index in [-0.39, 0.29) is 28.5 Å². The number of aliphatic hydroxyl groups is 1. The zero-order valence-electron chi connectivity index (χ0n) is 17.6. The van der Waals surface area contributed by atoms with Gasteiger partial charge >= 0.3 is 18.0 Å². The molecule has 4 unspecified atom stereocenters. The molecule has 174 valence electrons. The molecule has 33 heavy (non-hydrogen) atoms. The Morgan fingerprint density at radius 3 is 2.70 bits per heavy atom. The number of benzene rings is 1. The second-order valence-corrected chi connectivity index (χ2v) is 7.86. The average Bonchev–Trinajstić information content (AvgIpc) is 3.34. The molecule has 3 heterocycles. The van der Waals surface area contributed by atoms with E-state index in [1.165, 1.54) is 17.8 Å². The maximum absolute atomic E-state index is 13.9. The lowest BCUT2D eigenvalue weighted by Crippen LogP contribution is -2.49. The van der Waals surface area contributed by atoms with Crippen LogP contribution in [0.3, 0.4) is 0 Å². The van der Waals surface area contributed by atoms with E-state index in [1.807, 2.05) is 0 Å². The van der Waals surface area contributed by atoms with Crippen molar-refractivity contribution in [3.05, 3.63) is 53.5 Å². The number of imidazole rings is 1. The number of carbonyl (C=O) groups is 2. The van der Waals surface area contributed by atoms with Crippen LogP contribution in [0.5, 0.6) is 0 Å². The second-order valence-electron chi connectivity index (χ2n) is 7.50. The first kappa shape index (κ1) is 23.0. The smallest absolute Gasteiger partial charge is 0.338 e. The first-order chi connectivity index (χ1) is 15.8. The molecule has 4 atom stereocenters. The molecule has 1 fully saturated rings. The van der Waals surface area contributed by atoms with Crippen LogP contribution in [0.4, 0.5) is 4.39 Å². The molecule has 4 rings (SSSR count). The van der Waals surface area contributed by atoms with Crippen LogP contribution < -0.4 is 0 Å². The molecule has 2 aromatic heterocycles. The van der Waals surface area contributed by atoms with Gasteiger partial charge in [-0.1, -0.05) is 29.8 Å². The van der Waals surface area contributed by atoms with Gasteiger partial charge in [0.25, 0.3) is 0 Å². The number of halogens is 2. The van der Waals surface area contributed by atoms with Crippen LogP contribution >= 0.6 is 11.6 Å². The number of carbonyl (C=O) groups excluding carboxylic acids is 2. The average molecular weight is 479 g/mol. The fourth-order valence-electron chi connectivity index (χ4n) is 3.82.